The van der Waals surface area contributed by atoms with Crippen molar-refractivity contribution in [3.8, 4) is 11.3 Å². The molecule has 1 saturated carbocycles. The zero-order valence-electron chi connectivity index (χ0n) is 17.4. The van der Waals surface area contributed by atoms with E-state index in [9.17, 15) is 4.79 Å². The molecule has 2 aromatic carbocycles. The van der Waals surface area contributed by atoms with Crippen molar-refractivity contribution in [3.63, 3.8) is 0 Å². The number of carbonyl (C=O) groups excluding carboxylic acids is 1. The summed E-state index contributed by atoms with van der Waals surface area (Å²) in [5.74, 6) is 1.41. The number of para-hydroxylation sites is 1. The first kappa shape index (κ1) is 18.7. The SMILES string of the molecule is O=C(Nc1ccc2nc(C3CCC3)[nH]c2c1)c1cc(-c2cccnc2)nc2ccccc12. The lowest BCUT2D eigenvalue weighted by molar-refractivity contribution is 0.102. The number of pyridine rings is 2. The van der Waals surface area contributed by atoms with Crippen LogP contribution in [0.25, 0.3) is 33.2 Å². The van der Waals surface area contributed by atoms with Gasteiger partial charge in [-0.15, -0.1) is 0 Å². The van der Waals surface area contributed by atoms with Crippen molar-refractivity contribution in [1.82, 2.24) is 19.9 Å². The molecule has 3 heterocycles. The second kappa shape index (κ2) is 7.57. The molecule has 0 spiro atoms. The molecule has 6 rings (SSSR count). The number of nitrogens with one attached hydrogen (secondary N) is 2. The molecule has 0 unspecified atom stereocenters. The minimum atomic E-state index is -0.174. The lowest BCUT2D eigenvalue weighted by atomic mass is 9.85. The first-order chi connectivity index (χ1) is 15.7. The summed E-state index contributed by atoms with van der Waals surface area (Å²) in [5, 5.41) is 3.87. The van der Waals surface area contributed by atoms with Crippen LogP contribution in [0, 0.1) is 0 Å². The van der Waals surface area contributed by atoms with Crippen molar-refractivity contribution >= 4 is 33.5 Å². The molecule has 1 aliphatic rings. The molecular weight excluding hydrogens is 398 g/mol. The Labute approximate surface area is 184 Å². The molecule has 156 valence electrons. The highest BCUT2D eigenvalue weighted by Crippen LogP contribution is 2.35. The Morgan fingerprint density at radius 1 is 0.969 bits per heavy atom. The highest BCUT2D eigenvalue weighted by atomic mass is 16.1. The first-order valence-electron chi connectivity index (χ1n) is 10.9. The molecule has 1 amide bonds. The Balaban J connectivity index is 1.36. The van der Waals surface area contributed by atoms with Gasteiger partial charge in [0.2, 0.25) is 0 Å². The number of hydrogen-bond donors (Lipinski definition) is 2. The normalized spacial score (nSPS) is 13.9. The number of amides is 1. The van der Waals surface area contributed by atoms with Crippen molar-refractivity contribution in [3.05, 3.63) is 84.4 Å². The Bertz CT molecular complexity index is 1450. The highest BCUT2D eigenvalue weighted by Gasteiger charge is 2.22. The van der Waals surface area contributed by atoms with Crippen molar-refractivity contribution in [2.75, 3.05) is 5.32 Å². The number of hydrogen-bond acceptors (Lipinski definition) is 4. The zero-order valence-corrected chi connectivity index (χ0v) is 17.4. The van der Waals surface area contributed by atoms with E-state index in [-0.39, 0.29) is 5.91 Å². The molecule has 3 aromatic heterocycles. The number of aromatic amines is 1. The fourth-order valence-electron chi connectivity index (χ4n) is 4.21. The van der Waals surface area contributed by atoms with Crippen molar-refractivity contribution < 1.29 is 4.79 Å². The number of benzene rings is 2. The predicted molar refractivity (Wildman–Crippen MR) is 126 cm³/mol. The van der Waals surface area contributed by atoms with Gasteiger partial charge >= 0.3 is 0 Å². The molecule has 2 N–H and O–H groups in total. The van der Waals surface area contributed by atoms with Gasteiger partial charge in [0.05, 0.1) is 27.8 Å². The lowest BCUT2D eigenvalue weighted by Crippen LogP contribution is -2.13. The molecule has 0 aliphatic heterocycles. The van der Waals surface area contributed by atoms with E-state index in [0.29, 0.717) is 11.5 Å². The van der Waals surface area contributed by atoms with Gasteiger partial charge in [0.25, 0.3) is 5.91 Å². The summed E-state index contributed by atoms with van der Waals surface area (Å²) in [6.45, 7) is 0. The average molecular weight is 419 g/mol. The molecule has 5 aromatic rings. The maximum absolute atomic E-state index is 13.3. The van der Waals surface area contributed by atoms with Gasteiger partial charge in [0.1, 0.15) is 5.82 Å². The summed E-state index contributed by atoms with van der Waals surface area (Å²) >= 11 is 0. The smallest absolute Gasteiger partial charge is 0.256 e. The van der Waals surface area contributed by atoms with Crippen LogP contribution in [0.5, 0.6) is 0 Å². The summed E-state index contributed by atoms with van der Waals surface area (Å²) in [7, 11) is 0. The average Bonchev–Trinajstić information content (AvgIpc) is 3.20. The molecule has 0 atom stereocenters. The van der Waals surface area contributed by atoms with Crippen LogP contribution in [0.4, 0.5) is 5.69 Å². The third-order valence-electron chi connectivity index (χ3n) is 6.17. The van der Waals surface area contributed by atoms with Crippen LogP contribution < -0.4 is 5.32 Å². The maximum Gasteiger partial charge on any atom is 0.256 e. The molecule has 1 aliphatic carbocycles. The van der Waals surface area contributed by atoms with Gasteiger partial charge in [-0.05, 0) is 55.3 Å². The zero-order chi connectivity index (χ0) is 21.5. The third-order valence-corrected chi connectivity index (χ3v) is 6.17. The number of fused-ring (bicyclic) bond motifs is 2. The van der Waals surface area contributed by atoms with Gasteiger partial charge in [-0.3, -0.25) is 9.78 Å². The topological polar surface area (TPSA) is 83.6 Å². The molecule has 0 bridgehead atoms. The predicted octanol–water partition coefficient (Wildman–Crippen LogP) is 5.69. The number of aromatic nitrogens is 4. The van der Waals surface area contributed by atoms with Crippen LogP contribution in [-0.4, -0.2) is 25.8 Å². The Kier molecular flexibility index (Phi) is 4.42. The quantitative estimate of drug-likeness (QED) is 0.392. The Morgan fingerprint density at radius 2 is 1.88 bits per heavy atom. The summed E-state index contributed by atoms with van der Waals surface area (Å²) in [5.41, 5.74) is 5.54. The number of nitrogens with zero attached hydrogens (tertiary/aromatic N) is 3. The molecule has 6 heteroatoms. The van der Waals surface area contributed by atoms with E-state index in [2.05, 4.69) is 15.3 Å². The van der Waals surface area contributed by atoms with E-state index in [1.807, 2.05) is 60.7 Å². The monoisotopic (exact) mass is 419 g/mol. The lowest BCUT2D eigenvalue weighted by Gasteiger charge is -2.22. The third kappa shape index (κ3) is 3.30. The van der Waals surface area contributed by atoms with Crippen LogP contribution >= 0.6 is 0 Å². The van der Waals surface area contributed by atoms with Gasteiger partial charge in [0, 0.05) is 34.9 Å². The summed E-state index contributed by atoms with van der Waals surface area (Å²) in [6, 6.07) is 19.1. The Morgan fingerprint density at radius 3 is 2.69 bits per heavy atom. The van der Waals surface area contributed by atoms with Gasteiger partial charge < -0.3 is 10.3 Å². The van der Waals surface area contributed by atoms with Gasteiger partial charge in [0.15, 0.2) is 0 Å². The van der Waals surface area contributed by atoms with Gasteiger partial charge in [-0.1, -0.05) is 24.6 Å². The van der Waals surface area contributed by atoms with Crippen molar-refractivity contribution in [1.29, 1.82) is 0 Å². The number of imidazole rings is 1. The van der Waals surface area contributed by atoms with E-state index in [1.165, 1.54) is 19.3 Å². The number of anilines is 1. The minimum absolute atomic E-state index is 0.174. The second-order valence-corrected chi connectivity index (χ2v) is 8.25. The largest absolute Gasteiger partial charge is 0.342 e. The van der Waals surface area contributed by atoms with Crippen LogP contribution in [0.15, 0.2) is 73.1 Å². The molecule has 0 saturated heterocycles. The summed E-state index contributed by atoms with van der Waals surface area (Å²) in [4.78, 5) is 30.4. The van der Waals surface area contributed by atoms with E-state index in [0.717, 1.165) is 44.7 Å². The molecule has 32 heavy (non-hydrogen) atoms. The number of carbonyl (C=O) groups is 1. The standard InChI is InChI=1S/C26H21N5O/c32-26(28-18-10-11-22-24(13-18)31-25(30-22)16-5-3-6-16)20-14-23(17-7-4-12-27-15-17)29-21-9-2-1-8-19(20)21/h1-2,4,7-16H,3,5-6H2,(H,28,32)(H,30,31). The number of rotatable bonds is 4. The second-order valence-electron chi connectivity index (χ2n) is 8.25. The molecule has 1 fully saturated rings. The van der Waals surface area contributed by atoms with Gasteiger partial charge in [-0.2, -0.15) is 0 Å². The van der Waals surface area contributed by atoms with Crippen LogP contribution in [0.2, 0.25) is 0 Å². The molecule has 0 radical (unpaired) electrons. The van der Waals surface area contributed by atoms with Crippen LogP contribution in [-0.2, 0) is 0 Å². The van der Waals surface area contributed by atoms with E-state index in [4.69, 9.17) is 9.97 Å². The van der Waals surface area contributed by atoms with Gasteiger partial charge in [-0.25, -0.2) is 9.97 Å². The summed E-state index contributed by atoms with van der Waals surface area (Å²) < 4.78 is 0. The molecular formula is C26H21N5O. The van der Waals surface area contributed by atoms with E-state index >= 15 is 0 Å². The van der Waals surface area contributed by atoms with Crippen molar-refractivity contribution in [2.45, 2.75) is 25.2 Å². The van der Waals surface area contributed by atoms with E-state index < -0.39 is 0 Å². The minimum Gasteiger partial charge on any atom is -0.342 e. The summed E-state index contributed by atoms with van der Waals surface area (Å²) in [6.07, 6.45) is 7.13. The van der Waals surface area contributed by atoms with Crippen LogP contribution in [0.3, 0.4) is 0 Å². The number of H-pyrrole nitrogens is 1. The Hall–Kier alpha value is -4.06. The fraction of sp³-hybridized carbons (Fsp3) is 0.154. The fourth-order valence-corrected chi connectivity index (χ4v) is 4.21. The first-order valence-corrected chi connectivity index (χ1v) is 10.9. The van der Waals surface area contributed by atoms with Crippen LogP contribution in [0.1, 0.15) is 41.4 Å². The highest BCUT2D eigenvalue weighted by molar-refractivity contribution is 6.13. The molecule has 6 nitrogen and oxygen atoms in total. The van der Waals surface area contributed by atoms with Crippen molar-refractivity contribution in [2.24, 2.45) is 0 Å². The maximum atomic E-state index is 13.3. The van der Waals surface area contributed by atoms with E-state index in [1.54, 1.807) is 12.4 Å².